The van der Waals surface area contributed by atoms with E-state index in [0.717, 1.165) is 39.4 Å². The number of hydrogen-bond donors (Lipinski definition) is 2. The molecule has 0 bridgehead atoms. The summed E-state index contributed by atoms with van der Waals surface area (Å²) in [6.07, 6.45) is 0. The van der Waals surface area contributed by atoms with Crippen LogP contribution in [0.2, 0.25) is 15.1 Å². The number of aromatic amines is 1. The van der Waals surface area contributed by atoms with Crippen molar-refractivity contribution in [3.8, 4) is 39.5 Å². The van der Waals surface area contributed by atoms with Crippen molar-refractivity contribution in [2.45, 2.75) is 138 Å². The Kier molecular flexibility index (Phi) is 22.8. The van der Waals surface area contributed by atoms with Gasteiger partial charge in [-0.25, -0.2) is 37.6 Å². The fourth-order valence-corrected chi connectivity index (χ4v) is 13.6. The number of aromatic carboxylic acids is 1. The zero-order valence-corrected chi connectivity index (χ0v) is 68.7. The summed E-state index contributed by atoms with van der Waals surface area (Å²) in [7, 11) is 1.62. The van der Waals surface area contributed by atoms with E-state index in [-0.39, 0.29) is 106 Å². The summed E-state index contributed by atoms with van der Waals surface area (Å²) < 4.78 is 67.2. The molecule has 2 aliphatic heterocycles. The van der Waals surface area contributed by atoms with Crippen LogP contribution in [0.3, 0.4) is 0 Å². The SMILES string of the molecule is CC(C)(C)c1cc(-c2ccc(Cl)c(F)c2)nc2cc(C(=O)O)oc12.COc1ccc(Cn2nc(C)cc2N2CCN(C(=O)c3cc4nc(-c5ccc(Cl)c(F)c5)cc(C(C)(C)C)c4o3)C(C)(C)C2=O)cc1.Cc1cc(N2CCN(C(=O)c3cc4nc(-c5ccc(Cl)c(F)c5)cc(C(C)(C)C)c4o3)C(C)(C)C2=O)n[nH]1.[Y]. The van der Waals surface area contributed by atoms with E-state index in [1.54, 1.807) is 92.0 Å². The van der Waals surface area contributed by atoms with Gasteiger partial charge in [-0.05, 0) is 130 Å². The Morgan fingerprint density at radius 3 is 1.28 bits per heavy atom. The number of nitrogens with zero attached hydrogens (tertiary/aromatic N) is 10. The molecule has 110 heavy (non-hydrogen) atoms. The Balaban J connectivity index is 0.000000171. The number of carboxylic acid groups (broad SMARTS) is 1. The van der Waals surface area contributed by atoms with Crippen LogP contribution in [0.15, 0.2) is 141 Å². The number of aryl methyl sites for hydroxylation is 2. The van der Waals surface area contributed by atoms with E-state index in [9.17, 15) is 37.1 Å². The van der Waals surface area contributed by atoms with E-state index in [1.165, 1.54) is 47.4 Å². The number of halogens is 6. The van der Waals surface area contributed by atoms with Crippen LogP contribution in [0, 0.1) is 31.3 Å². The number of carbonyl (C=O) groups excluding carboxylic acids is 4. The summed E-state index contributed by atoms with van der Waals surface area (Å²) >= 11 is 17.5. The third-order valence-electron chi connectivity index (χ3n) is 19.2. The minimum Gasteiger partial charge on any atom is -0.497 e. The molecular formula is C82H81Cl3F3N11O10Y. The Morgan fingerprint density at radius 1 is 0.536 bits per heavy atom. The Labute approximate surface area is 673 Å². The molecule has 28 heteroatoms. The van der Waals surface area contributed by atoms with Gasteiger partial charge < -0.3 is 32.9 Å². The quantitative estimate of drug-likeness (QED) is 0.122. The average molecular weight is 1630 g/mol. The molecule has 12 aromatic rings. The molecule has 21 nitrogen and oxygen atoms in total. The number of carbonyl (C=O) groups is 5. The van der Waals surface area contributed by atoms with Crippen molar-refractivity contribution in [1.29, 1.82) is 0 Å². The molecule has 0 spiro atoms. The van der Waals surface area contributed by atoms with E-state index in [0.29, 0.717) is 98.3 Å². The summed E-state index contributed by atoms with van der Waals surface area (Å²) in [6.45, 7) is 30.4. The van der Waals surface area contributed by atoms with Crippen LogP contribution < -0.4 is 14.5 Å². The number of nitrogens with one attached hydrogen (secondary N) is 1. The van der Waals surface area contributed by atoms with E-state index in [1.807, 2.05) is 123 Å². The molecule has 0 unspecified atom stereocenters. The maximum atomic E-state index is 14.3. The predicted octanol–water partition coefficient (Wildman–Crippen LogP) is 18.6. The Bertz CT molecular complexity index is 5610. The van der Waals surface area contributed by atoms with Gasteiger partial charge in [0, 0.05) is 128 Å². The van der Waals surface area contributed by atoms with Gasteiger partial charge in [0.1, 0.15) is 56.6 Å². The maximum absolute atomic E-state index is 14.3. The molecule has 4 aromatic carbocycles. The number of hydrogen-bond acceptors (Lipinski definition) is 14. The number of carboxylic acids is 1. The molecule has 8 aromatic heterocycles. The summed E-state index contributed by atoms with van der Waals surface area (Å²) in [4.78, 5) is 86.7. The van der Waals surface area contributed by atoms with E-state index < -0.39 is 46.3 Å². The van der Waals surface area contributed by atoms with Gasteiger partial charge in [-0.3, -0.25) is 34.1 Å². The van der Waals surface area contributed by atoms with Gasteiger partial charge in [-0.2, -0.15) is 10.2 Å². The van der Waals surface area contributed by atoms with Gasteiger partial charge in [0.15, 0.2) is 34.1 Å². The first kappa shape index (κ1) is 81.3. The fourth-order valence-electron chi connectivity index (χ4n) is 13.2. The van der Waals surface area contributed by atoms with Gasteiger partial charge in [-0.1, -0.05) is 127 Å². The molecular weight excluding hydrogens is 1550 g/mol. The molecule has 2 N–H and O–H groups in total. The number of pyridine rings is 3. The summed E-state index contributed by atoms with van der Waals surface area (Å²) in [6, 6.07) is 35.0. The van der Waals surface area contributed by atoms with Crippen molar-refractivity contribution >= 4 is 109 Å². The molecule has 14 rings (SSSR count). The van der Waals surface area contributed by atoms with Gasteiger partial charge in [0.2, 0.25) is 5.76 Å². The second-order valence-corrected chi connectivity index (χ2v) is 32.3. The first-order valence-electron chi connectivity index (χ1n) is 35.0. The van der Waals surface area contributed by atoms with Gasteiger partial charge in [-0.15, -0.1) is 0 Å². The number of ether oxygens (including phenoxy) is 1. The number of aromatic nitrogens is 7. The third kappa shape index (κ3) is 16.4. The van der Waals surface area contributed by atoms with Crippen LogP contribution in [0.1, 0.15) is 155 Å². The molecule has 0 aliphatic carbocycles. The number of piperazine rings is 2. The molecule has 1 radical (unpaired) electrons. The molecule has 0 atom stereocenters. The average Bonchev–Trinajstić information content (AvgIpc) is 1.74. The number of methoxy groups -OCH3 is 1. The molecule has 2 fully saturated rings. The normalized spacial score (nSPS) is 14.5. The molecule has 4 amide bonds. The molecule has 569 valence electrons. The number of furan rings is 3. The van der Waals surface area contributed by atoms with Gasteiger partial charge in [0.05, 0.1) is 51.5 Å². The van der Waals surface area contributed by atoms with E-state index >= 15 is 0 Å². The largest absolute Gasteiger partial charge is 0.497 e. The number of anilines is 2. The molecule has 2 saturated heterocycles. The van der Waals surface area contributed by atoms with Crippen LogP contribution in [0.4, 0.5) is 24.8 Å². The first-order chi connectivity index (χ1) is 51.1. The number of fused-ring (bicyclic) bond motifs is 3. The summed E-state index contributed by atoms with van der Waals surface area (Å²) in [5.41, 5.74) is 7.69. The van der Waals surface area contributed by atoms with Crippen molar-refractivity contribution in [3.05, 3.63) is 211 Å². The molecule has 2 aliphatic rings. The van der Waals surface area contributed by atoms with Crippen LogP contribution in [-0.2, 0) is 65.1 Å². The van der Waals surface area contributed by atoms with Crippen LogP contribution >= 0.6 is 34.8 Å². The van der Waals surface area contributed by atoms with Crippen molar-refractivity contribution in [2.75, 3.05) is 43.1 Å². The zero-order valence-electron chi connectivity index (χ0n) is 63.6. The zero-order chi connectivity index (χ0) is 79.0. The van der Waals surface area contributed by atoms with Crippen molar-refractivity contribution in [2.24, 2.45) is 0 Å². The summed E-state index contributed by atoms with van der Waals surface area (Å²) in [5, 5.41) is 21.0. The monoisotopic (exact) mass is 1630 g/mol. The smallest absolute Gasteiger partial charge is 0.371 e. The minimum atomic E-state index is -1.19. The maximum Gasteiger partial charge on any atom is 0.371 e. The van der Waals surface area contributed by atoms with Gasteiger partial charge >= 0.3 is 5.97 Å². The van der Waals surface area contributed by atoms with E-state index in [2.05, 4.69) is 25.3 Å². The predicted molar refractivity (Wildman–Crippen MR) is 414 cm³/mol. The number of amides is 4. The van der Waals surface area contributed by atoms with Crippen molar-refractivity contribution in [3.63, 3.8) is 0 Å². The first-order valence-corrected chi connectivity index (χ1v) is 36.2. The third-order valence-corrected chi connectivity index (χ3v) is 20.1. The van der Waals surface area contributed by atoms with Crippen LogP contribution in [-0.4, -0.2) is 124 Å². The Morgan fingerprint density at radius 2 is 0.918 bits per heavy atom. The summed E-state index contributed by atoms with van der Waals surface area (Å²) in [5.74, 6) is -2.13. The number of benzene rings is 4. The Hall–Kier alpha value is -9.72. The standard InChI is InChI=1S/C36H37ClFN5O4.C28H29ClFN5O3.C18H15ClFNO3.Y/c1-21-16-31(43(40-21)20-22-8-11-24(46-7)12-9-22)41-14-15-42(36(5,6)34(41)45)33(44)30-19-29-32(47-30)25(35(2,3)4)18-28(39-29)23-10-13-26(37)27(38)17-23;1-15-11-23(33-32-15)34-9-10-35(28(5,6)26(34)37)25(36)22-14-21-24(38-22)17(27(2,3)4)13-20(31-21)16-7-8-18(29)19(30)12-16;1-18(2,3)10-7-13(9-4-5-11(19)12(20)6-9)21-14-8-15(17(22)23)24-16(10)14;/h8-13,16-19H,14-15,20H2,1-7H3;7-8,11-14H,9-10H2,1-6H3,(H,32,33);4-8H,1-3H3,(H,22,23);. The second-order valence-electron chi connectivity index (χ2n) is 31.1. The van der Waals surface area contributed by atoms with E-state index in [4.69, 9.17) is 62.9 Å². The number of H-pyrrole nitrogens is 1. The molecule has 0 saturated carbocycles. The van der Waals surface area contributed by atoms with Crippen molar-refractivity contribution < 1.29 is 92.9 Å². The topological polar surface area (TPSA) is 252 Å². The van der Waals surface area contributed by atoms with Crippen LogP contribution in [0.25, 0.3) is 67.1 Å². The number of rotatable bonds is 11. The van der Waals surface area contributed by atoms with Gasteiger partial charge in [0.25, 0.3) is 23.6 Å². The second kappa shape index (κ2) is 30.9. The van der Waals surface area contributed by atoms with Crippen LogP contribution in [0.5, 0.6) is 5.75 Å². The minimum absolute atomic E-state index is 0. The van der Waals surface area contributed by atoms with Crippen molar-refractivity contribution in [1.82, 2.24) is 44.7 Å². The molecule has 10 heterocycles. The fraction of sp³-hybridized carbons (Fsp3) is 0.317.